The van der Waals surface area contributed by atoms with Crippen LogP contribution in [0.2, 0.25) is 0 Å². The molecule has 0 fully saturated rings. The predicted molar refractivity (Wildman–Crippen MR) is 56.6 cm³/mol. The van der Waals surface area contributed by atoms with Crippen LogP contribution >= 0.6 is 0 Å². The van der Waals surface area contributed by atoms with Crippen LogP contribution in [0.15, 0.2) is 12.7 Å². The summed E-state index contributed by atoms with van der Waals surface area (Å²) >= 11 is 0. The minimum Gasteiger partial charge on any atom is -0.327 e. The van der Waals surface area contributed by atoms with Crippen LogP contribution in [-0.2, 0) is 10.1 Å². The highest BCUT2D eigenvalue weighted by molar-refractivity contribution is 7.87. The third-order valence-corrected chi connectivity index (χ3v) is 2.91. The molecule has 0 unspecified atom stereocenters. The average molecular weight is 407 g/mol. The standard InChI is InChI=1S/C5HF11O3S.C3H7N/c6-1(7,2(8,9)4(12,13)14)3(10,11)5(15,16)20(17,18)19;1-2-3-4/h(H,17,18,19);2H,1,3-4H2. The van der Waals surface area contributed by atoms with Gasteiger partial charge < -0.3 is 5.73 Å². The molecule has 0 aliphatic carbocycles. The molecule has 0 spiro atoms. The molecule has 0 aromatic carbocycles. The molecule has 0 amide bonds. The lowest BCUT2D eigenvalue weighted by Gasteiger charge is -2.35. The number of halogens is 11. The first kappa shape index (κ1) is 25.1. The van der Waals surface area contributed by atoms with E-state index in [4.69, 9.17) is 10.3 Å². The van der Waals surface area contributed by atoms with Crippen molar-refractivity contribution >= 4 is 10.1 Å². The molecular formula is C8H8F11NO3S. The quantitative estimate of drug-likeness (QED) is 0.417. The highest BCUT2D eigenvalue weighted by atomic mass is 32.2. The molecule has 0 aromatic heterocycles. The summed E-state index contributed by atoms with van der Waals surface area (Å²) in [6.07, 6.45) is -5.74. The second-order valence-electron chi connectivity index (χ2n) is 3.74. The Labute approximate surface area is 126 Å². The summed E-state index contributed by atoms with van der Waals surface area (Å²) in [6, 6.07) is 0. The number of hydrogen-bond donors (Lipinski definition) is 2. The highest BCUT2D eigenvalue weighted by Gasteiger charge is 2.89. The molecule has 146 valence electrons. The Morgan fingerprint density at radius 1 is 0.833 bits per heavy atom. The zero-order chi connectivity index (χ0) is 20.4. The molecule has 0 radical (unpaired) electrons. The van der Waals surface area contributed by atoms with E-state index in [0.29, 0.717) is 6.54 Å². The Morgan fingerprint density at radius 2 is 1.12 bits per heavy atom. The normalized spacial score (nSPS) is 14.7. The van der Waals surface area contributed by atoms with E-state index in [2.05, 4.69) is 6.58 Å². The molecule has 0 atom stereocenters. The van der Waals surface area contributed by atoms with Crippen molar-refractivity contribution in [3.8, 4) is 0 Å². The summed E-state index contributed by atoms with van der Waals surface area (Å²) in [5.41, 5.74) is 4.91. The molecule has 24 heavy (non-hydrogen) atoms. The molecule has 0 aliphatic rings. The highest BCUT2D eigenvalue weighted by Crippen LogP contribution is 2.58. The fourth-order valence-corrected chi connectivity index (χ4v) is 1.17. The largest absolute Gasteiger partial charge is 0.460 e. The summed E-state index contributed by atoms with van der Waals surface area (Å²) in [6.45, 7) is 3.94. The smallest absolute Gasteiger partial charge is 0.327 e. The van der Waals surface area contributed by atoms with E-state index in [1.54, 1.807) is 6.08 Å². The minimum absolute atomic E-state index is 0.583. The molecule has 0 saturated carbocycles. The van der Waals surface area contributed by atoms with Crippen LogP contribution in [0.4, 0.5) is 48.3 Å². The Bertz CT molecular complexity index is 540. The van der Waals surface area contributed by atoms with Gasteiger partial charge in [0.2, 0.25) is 0 Å². The molecule has 0 aliphatic heterocycles. The van der Waals surface area contributed by atoms with Crippen molar-refractivity contribution in [2.24, 2.45) is 5.73 Å². The molecule has 3 N–H and O–H groups in total. The van der Waals surface area contributed by atoms with Gasteiger partial charge in [-0.25, -0.2) is 0 Å². The van der Waals surface area contributed by atoms with Crippen molar-refractivity contribution in [2.45, 2.75) is 29.2 Å². The number of alkyl halides is 11. The summed E-state index contributed by atoms with van der Waals surface area (Å²) in [4.78, 5) is 0. The van der Waals surface area contributed by atoms with Crippen LogP contribution in [-0.4, -0.2) is 48.7 Å². The van der Waals surface area contributed by atoms with Crippen LogP contribution in [0, 0.1) is 0 Å². The van der Waals surface area contributed by atoms with Crippen LogP contribution in [0.5, 0.6) is 0 Å². The van der Waals surface area contributed by atoms with Crippen molar-refractivity contribution in [1.29, 1.82) is 0 Å². The lowest BCUT2D eigenvalue weighted by atomic mass is 10.0. The lowest BCUT2D eigenvalue weighted by molar-refractivity contribution is -0.413. The van der Waals surface area contributed by atoms with Crippen molar-refractivity contribution in [3.05, 3.63) is 12.7 Å². The average Bonchev–Trinajstić information content (AvgIpc) is 2.35. The maximum atomic E-state index is 12.5. The Kier molecular flexibility index (Phi) is 7.30. The third kappa shape index (κ3) is 4.08. The van der Waals surface area contributed by atoms with E-state index in [0.717, 1.165) is 0 Å². The molecule has 0 bridgehead atoms. The molecule has 16 heteroatoms. The van der Waals surface area contributed by atoms with Crippen molar-refractivity contribution in [3.63, 3.8) is 0 Å². The van der Waals surface area contributed by atoms with E-state index in [9.17, 15) is 56.7 Å². The monoisotopic (exact) mass is 407 g/mol. The van der Waals surface area contributed by atoms with E-state index in [-0.39, 0.29) is 0 Å². The third-order valence-electron chi connectivity index (χ3n) is 2.00. The fourth-order valence-electron chi connectivity index (χ4n) is 0.720. The van der Waals surface area contributed by atoms with Crippen LogP contribution in [0.3, 0.4) is 0 Å². The number of nitrogens with two attached hydrogens (primary N) is 1. The summed E-state index contributed by atoms with van der Waals surface area (Å²) in [7, 11) is -7.41. The molecule has 0 saturated heterocycles. The summed E-state index contributed by atoms with van der Waals surface area (Å²) in [5.74, 6) is -23.3. The van der Waals surface area contributed by atoms with Crippen molar-refractivity contribution < 1.29 is 61.3 Å². The van der Waals surface area contributed by atoms with Crippen molar-refractivity contribution in [2.75, 3.05) is 6.54 Å². The Balaban J connectivity index is 0. The molecule has 0 heterocycles. The maximum absolute atomic E-state index is 12.5. The van der Waals surface area contributed by atoms with E-state index in [1.807, 2.05) is 0 Å². The van der Waals surface area contributed by atoms with Gasteiger partial charge in [-0.05, 0) is 0 Å². The van der Waals surface area contributed by atoms with Gasteiger partial charge in [-0.15, -0.1) is 6.58 Å². The first-order valence-corrected chi connectivity index (χ1v) is 6.46. The summed E-state index contributed by atoms with van der Waals surface area (Å²) in [5, 5.41) is -7.29. The maximum Gasteiger partial charge on any atom is 0.460 e. The second kappa shape index (κ2) is 6.99. The Morgan fingerprint density at radius 3 is 1.29 bits per heavy atom. The van der Waals surface area contributed by atoms with Gasteiger partial charge in [-0.1, -0.05) is 6.08 Å². The molecular weight excluding hydrogens is 399 g/mol. The van der Waals surface area contributed by atoms with E-state index < -0.39 is 39.3 Å². The van der Waals surface area contributed by atoms with Crippen molar-refractivity contribution in [1.82, 2.24) is 0 Å². The van der Waals surface area contributed by atoms with Gasteiger partial charge in [0, 0.05) is 6.54 Å². The summed E-state index contributed by atoms with van der Waals surface area (Å²) < 4.78 is 161. The van der Waals surface area contributed by atoms with Gasteiger partial charge in [0.1, 0.15) is 0 Å². The number of rotatable bonds is 5. The first-order valence-electron chi connectivity index (χ1n) is 5.02. The van der Waals surface area contributed by atoms with Crippen LogP contribution in [0.25, 0.3) is 0 Å². The molecule has 0 aromatic rings. The van der Waals surface area contributed by atoms with E-state index >= 15 is 0 Å². The van der Waals surface area contributed by atoms with Gasteiger partial charge in [0.25, 0.3) is 0 Å². The number of hydrogen-bond acceptors (Lipinski definition) is 3. The van der Waals surface area contributed by atoms with Gasteiger partial charge >= 0.3 is 39.3 Å². The van der Waals surface area contributed by atoms with E-state index in [1.165, 1.54) is 0 Å². The lowest BCUT2D eigenvalue weighted by Crippen LogP contribution is -2.67. The molecule has 4 nitrogen and oxygen atoms in total. The van der Waals surface area contributed by atoms with Gasteiger partial charge in [-0.2, -0.15) is 56.7 Å². The fraction of sp³-hybridized carbons (Fsp3) is 0.750. The minimum atomic E-state index is -7.86. The van der Waals surface area contributed by atoms with Gasteiger partial charge in [0.15, 0.2) is 0 Å². The zero-order valence-corrected chi connectivity index (χ0v) is 11.7. The van der Waals surface area contributed by atoms with Gasteiger partial charge in [0.05, 0.1) is 0 Å². The van der Waals surface area contributed by atoms with Gasteiger partial charge in [-0.3, -0.25) is 4.55 Å². The van der Waals surface area contributed by atoms with Crippen LogP contribution < -0.4 is 5.73 Å². The predicted octanol–water partition coefficient (Wildman–Crippen LogP) is 3.07. The SMILES string of the molecule is C=CCN.O=S(=O)(O)C(F)(F)C(F)(F)C(F)(F)C(F)(F)C(F)(F)F. The first-order chi connectivity index (χ1) is 10.2. The second-order valence-corrected chi connectivity index (χ2v) is 5.20. The molecule has 0 rings (SSSR count). The Hall–Kier alpha value is -1.16. The topological polar surface area (TPSA) is 80.4 Å². The zero-order valence-electron chi connectivity index (χ0n) is 10.9. The van der Waals surface area contributed by atoms with Crippen LogP contribution in [0.1, 0.15) is 0 Å².